The van der Waals surface area contributed by atoms with Crippen LogP contribution in [-0.4, -0.2) is 13.4 Å². The maximum absolute atomic E-state index is 10.00. The number of carbonyl (C=O) groups excluding carboxylic acids is 3. The first-order chi connectivity index (χ1) is 3.96. The molecule has 0 N–H and O–H groups in total. The zero-order chi connectivity index (χ0) is 7.57. The van der Waals surface area contributed by atoms with Crippen LogP contribution >= 0.6 is 15.1 Å². The molecule has 0 radical (unpaired) electrons. The second-order valence-corrected chi connectivity index (χ2v) is 20.0. The van der Waals surface area contributed by atoms with Crippen molar-refractivity contribution < 1.29 is 25.7 Å². The van der Waals surface area contributed by atoms with Crippen molar-refractivity contribution in [3.8, 4) is 0 Å². The Bertz CT molecular complexity index is 345. The topological polar surface area (TPSA) is 51.2 Å². The van der Waals surface area contributed by atoms with Gasteiger partial charge in [-0.1, -0.05) is 0 Å². The van der Waals surface area contributed by atoms with Crippen molar-refractivity contribution in [2.75, 3.05) is 0 Å². The SMILES string of the molecule is O=[C]=[Ru]([PH2])([PH2])(=[C]=O)=[C]=O. The van der Waals surface area contributed by atoms with Gasteiger partial charge in [-0.05, 0) is 0 Å². The Morgan fingerprint density at radius 1 is 0.889 bits per heavy atom. The van der Waals surface area contributed by atoms with Gasteiger partial charge in [0.05, 0.1) is 0 Å². The van der Waals surface area contributed by atoms with Crippen LogP contribution < -0.4 is 0 Å². The third-order valence-electron chi connectivity index (χ3n) is 0.467. The van der Waals surface area contributed by atoms with E-state index < -0.39 is 11.3 Å². The predicted octanol–water partition coefficient (Wildman–Crippen LogP) is -0.542. The van der Waals surface area contributed by atoms with Crippen LogP contribution in [0.3, 0.4) is 0 Å². The molecule has 0 aliphatic rings. The van der Waals surface area contributed by atoms with E-state index in [0.29, 0.717) is 0 Å². The summed E-state index contributed by atoms with van der Waals surface area (Å²) in [5.41, 5.74) is 0. The average Bonchev–Trinajstić information content (AvgIpc) is 1.90. The van der Waals surface area contributed by atoms with Gasteiger partial charge in [0.15, 0.2) is 0 Å². The zero-order valence-electron chi connectivity index (χ0n) is 4.23. The van der Waals surface area contributed by atoms with Gasteiger partial charge in [0.2, 0.25) is 0 Å². The fraction of sp³-hybridized carbons (Fsp3) is 0. The normalized spacial score (nSPS) is 13.8. The summed E-state index contributed by atoms with van der Waals surface area (Å²) in [5, 5.41) is 0. The van der Waals surface area contributed by atoms with Crippen molar-refractivity contribution in [1.82, 2.24) is 0 Å². The molecule has 0 aromatic rings. The van der Waals surface area contributed by atoms with Crippen molar-refractivity contribution in [1.29, 1.82) is 0 Å². The summed E-state index contributed by atoms with van der Waals surface area (Å²) in [6, 6.07) is 0. The van der Waals surface area contributed by atoms with Crippen LogP contribution in [0.1, 0.15) is 0 Å². The first-order valence-electron chi connectivity index (χ1n) is 1.55. The molecule has 0 heterocycles. The van der Waals surface area contributed by atoms with Crippen LogP contribution in [0.5, 0.6) is 0 Å². The van der Waals surface area contributed by atoms with Crippen molar-refractivity contribution in [2.45, 2.75) is 0 Å². The second kappa shape index (κ2) is 2.45. The predicted molar refractivity (Wildman–Crippen MR) is 36.5 cm³/mol. The molecule has 0 bridgehead atoms. The van der Waals surface area contributed by atoms with Crippen molar-refractivity contribution in [3.05, 3.63) is 0 Å². The number of hydrogen-bond donors (Lipinski definition) is 0. The van der Waals surface area contributed by atoms with Crippen LogP contribution in [0.4, 0.5) is 0 Å². The van der Waals surface area contributed by atoms with Crippen molar-refractivity contribution in [2.24, 2.45) is 0 Å². The van der Waals surface area contributed by atoms with E-state index in [-0.39, 0.29) is 0 Å². The minimum absolute atomic E-state index is 1.36. The zero-order valence-corrected chi connectivity index (χ0v) is 8.28. The van der Waals surface area contributed by atoms with Crippen LogP contribution in [0.15, 0.2) is 0 Å². The standard InChI is InChI=1S/3CO.2H2P.Ru/c3*1-2;;;/h;;;2*1H2;/q;;;2*-1;+2. The molecule has 6 heteroatoms. The van der Waals surface area contributed by atoms with E-state index in [2.05, 4.69) is 0 Å². The van der Waals surface area contributed by atoms with E-state index in [1.54, 1.807) is 0 Å². The Morgan fingerprint density at radius 3 is 1.11 bits per heavy atom. The molecule has 9 heavy (non-hydrogen) atoms. The molecule has 3 nitrogen and oxygen atoms in total. The molecular formula is C3H4O3P2Ru. The van der Waals surface area contributed by atoms with Gasteiger partial charge in [0.25, 0.3) is 0 Å². The van der Waals surface area contributed by atoms with E-state index in [1.807, 2.05) is 15.1 Å². The fourth-order valence-electron chi connectivity index (χ4n) is 0.0442. The van der Waals surface area contributed by atoms with E-state index in [4.69, 9.17) is 0 Å². The van der Waals surface area contributed by atoms with Crippen LogP contribution in [0.25, 0.3) is 0 Å². The molecule has 0 saturated carbocycles. The van der Waals surface area contributed by atoms with Crippen molar-refractivity contribution >= 4 is 28.6 Å². The molecule has 0 saturated heterocycles. The minimum atomic E-state index is -4.20. The fourth-order valence-corrected chi connectivity index (χ4v) is 0.261. The van der Waals surface area contributed by atoms with E-state index in [1.165, 1.54) is 13.4 Å². The molecule has 2 atom stereocenters. The Balaban J connectivity index is 7.11. The molecule has 52 valence electrons. The van der Waals surface area contributed by atoms with Gasteiger partial charge in [0, 0.05) is 0 Å². The van der Waals surface area contributed by atoms with Gasteiger partial charge < -0.3 is 0 Å². The molecular weight excluding hydrogens is 247 g/mol. The molecule has 0 aliphatic heterocycles. The Kier molecular flexibility index (Phi) is 2.51. The van der Waals surface area contributed by atoms with E-state index >= 15 is 0 Å². The third-order valence-corrected chi connectivity index (χ3v) is 5.72. The van der Waals surface area contributed by atoms with Crippen molar-refractivity contribution in [3.63, 3.8) is 0 Å². The summed E-state index contributed by atoms with van der Waals surface area (Å²) in [5.74, 6) is 0. The monoisotopic (exact) mass is 252 g/mol. The summed E-state index contributed by atoms with van der Waals surface area (Å²) < 4.78 is 4.08. The summed E-state index contributed by atoms with van der Waals surface area (Å²) in [4.78, 5) is 30.0. The van der Waals surface area contributed by atoms with E-state index in [9.17, 15) is 14.4 Å². The van der Waals surface area contributed by atoms with E-state index in [0.717, 1.165) is 0 Å². The van der Waals surface area contributed by atoms with Gasteiger partial charge >= 0.3 is 54.2 Å². The second-order valence-electron chi connectivity index (χ2n) is 1.21. The van der Waals surface area contributed by atoms with Crippen LogP contribution in [0.2, 0.25) is 0 Å². The quantitative estimate of drug-likeness (QED) is 0.429. The first kappa shape index (κ1) is 9.22. The molecule has 0 aliphatic carbocycles. The first-order valence-corrected chi connectivity index (χ1v) is 11.0. The molecule has 2 unspecified atom stereocenters. The Morgan fingerprint density at radius 2 is 1.11 bits per heavy atom. The third kappa shape index (κ3) is 2.13. The van der Waals surface area contributed by atoms with Gasteiger partial charge in [-0.2, -0.15) is 0 Å². The molecule has 0 amide bonds. The Hall–Kier alpha value is 0.223. The summed E-state index contributed by atoms with van der Waals surface area (Å²) in [7, 11) is 3.74. The van der Waals surface area contributed by atoms with Gasteiger partial charge in [-0.3, -0.25) is 0 Å². The summed E-state index contributed by atoms with van der Waals surface area (Å²) in [6.45, 7) is 0. The molecule has 0 spiro atoms. The van der Waals surface area contributed by atoms with Crippen LogP contribution in [-0.2, 0) is 25.7 Å². The van der Waals surface area contributed by atoms with Crippen LogP contribution in [0, 0.1) is 0 Å². The average molecular weight is 251 g/mol. The number of hydrogen-bond acceptors (Lipinski definition) is 3. The Labute approximate surface area is 54.6 Å². The molecule has 0 aromatic heterocycles. The summed E-state index contributed by atoms with van der Waals surface area (Å²) >= 11 is -4.20. The number of rotatable bonds is 0. The van der Waals surface area contributed by atoms with Gasteiger partial charge in [-0.25, -0.2) is 0 Å². The summed E-state index contributed by atoms with van der Waals surface area (Å²) in [6.07, 6.45) is 0. The molecule has 0 aromatic carbocycles. The molecule has 0 rings (SSSR count). The van der Waals surface area contributed by atoms with Gasteiger partial charge in [0.1, 0.15) is 0 Å². The molecule has 0 fully saturated rings. The maximum atomic E-state index is 10.00. The van der Waals surface area contributed by atoms with Gasteiger partial charge in [-0.15, -0.1) is 0 Å².